The van der Waals surface area contributed by atoms with Gasteiger partial charge in [-0.15, -0.1) is 11.8 Å². The number of halogens is 2. The molecule has 1 N–H and O–H groups in total. The van der Waals surface area contributed by atoms with Gasteiger partial charge in [-0.25, -0.2) is 17.6 Å². The maximum absolute atomic E-state index is 13.7. The SMILES string of the molecule is CCCCC1(CC)CN(c2ccc(F)cc2)c2cc(SC)c(O/C=C(\F)C(=O)O)cc2S(=O)(=O)C1. The highest BCUT2D eigenvalue weighted by atomic mass is 32.2. The molecule has 190 valence electrons. The lowest BCUT2D eigenvalue weighted by molar-refractivity contribution is -0.134. The normalized spacial score (nSPS) is 19.7. The van der Waals surface area contributed by atoms with Gasteiger partial charge in [-0.2, -0.15) is 4.39 Å². The quantitative estimate of drug-likeness (QED) is 0.233. The van der Waals surface area contributed by atoms with Crippen LogP contribution in [-0.4, -0.2) is 38.0 Å². The minimum Gasteiger partial charge on any atom is -0.476 e. The zero-order valence-electron chi connectivity index (χ0n) is 19.9. The predicted molar refractivity (Wildman–Crippen MR) is 133 cm³/mol. The monoisotopic (exact) mass is 525 g/mol. The van der Waals surface area contributed by atoms with Gasteiger partial charge in [0.15, 0.2) is 9.84 Å². The molecule has 1 aliphatic rings. The van der Waals surface area contributed by atoms with Crippen molar-refractivity contribution in [2.24, 2.45) is 5.41 Å². The van der Waals surface area contributed by atoms with Crippen molar-refractivity contribution >= 4 is 38.9 Å². The molecule has 0 bridgehead atoms. The highest BCUT2D eigenvalue weighted by Gasteiger charge is 2.42. The Morgan fingerprint density at radius 1 is 1.26 bits per heavy atom. The number of carboxylic acid groups (broad SMARTS) is 1. The van der Waals surface area contributed by atoms with Gasteiger partial charge in [-0.1, -0.05) is 26.7 Å². The maximum Gasteiger partial charge on any atom is 0.368 e. The first-order valence-corrected chi connectivity index (χ1v) is 14.2. The van der Waals surface area contributed by atoms with Gasteiger partial charge in [0.05, 0.1) is 21.2 Å². The highest BCUT2D eigenvalue weighted by Crippen LogP contribution is 2.47. The summed E-state index contributed by atoms with van der Waals surface area (Å²) in [6, 6.07) is 8.87. The smallest absolute Gasteiger partial charge is 0.368 e. The summed E-state index contributed by atoms with van der Waals surface area (Å²) < 4.78 is 60.0. The van der Waals surface area contributed by atoms with Crippen molar-refractivity contribution in [1.82, 2.24) is 0 Å². The van der Waals surface area contributed by atoms with Gasteiger partial charge in [-0.05, 0) is 49.4 Å². The van der Waals surface area contributed by atoms with Gasteiger partial charge in [0.2, 0.25) is 5.83 Å². The molecule has 1 atom stereocenters. The molecule has 3 rings (SSSR count). The highest BCUT2D eigenvalue weighted by molar-refractivity contribution is 7.98. The van der Waals surface area contributed by atoms with Gasteiger partial charge in [0, 0.05) is 23.7 Å². The van der Waals surface area contributed by atoms with Crippen LogP contribution in [0.4, 0.5) is 20.2 Å². The average Bonchev–Trinajstić information content (AvgIpc) is 2.93. The van der Waals surface area contributed by atoms with E-state index >= 15 is 0 Å². The Labute approximate surface area is 208 Å². The number of aliphatic carboxylic acids is 1. The molecule has 0 fully saturated rings. The Morgan fingerprint density at radius 3 is 2.51 bits per heavy atom. The minimum atomic E-state index is -3.82. The third-order valence-corrected chi connectivity index (χ3v) is 9.05. The standard InChI is InChI=1S/C25H29F2NO5S2/c1-4-6-11-25(5-2)15-28(18-9-7-17(26)8-10-18)20-12-22(34-3)21(33-14-19(27)24(29)30)13-23(20)35(31,32)16-25/h7-10,12-14H,4-6,11,15-16H2,1-3H3,(H,29,30)/b19-14-. The van der Waals surface area contributed by atoms with E-state index in [0.29, 0.717) is 41.9 Å². The number of hydrogen-bond donors (Lipinski definition) is 1. The Kier molecular flexibility index (Phi) is 8.48. The third kappa shape index (κ3) is 5.98. The molecule has 0 aromatic heterocycles. The van der Waals surface area contributed by atoms with E-state index in [-0.39, 0.29) is 16.4 Å². The lowest BCUT2D eigenvalue weighted by atomic mass is 9.81. The summed E-state index contributed by atoms with van der Waals surface area (Å²) in [6.07, 6.45) is 5.31. The van der Waals surface area contributed by atoms with E-state index in [0.717, 1.165) is 12.8 Å². The number of carbonyl (C=O) groups is 1. The Hall–Kier alpha value is -2.59. The van der Waals surface area contributed by atoms with Crippen LogP contribution < -0.4 is 9.64 Å². The zero-order chi connectivity index (χ0) is 25.8. The van der Waals surface area contributed by atoms with Gasteiger partial charge in [-0.3, -0.25) is 0 Å². The van der Waals surface area contributed by atoms with Crippen LogP contribution in [0.15, 0.2) is 58.3 Å². The van der Waals surface area contributed by atoms with Gasteiger partial charge >= 0.3 is 5.97 Å². The van der Waals surface area contributed by atoms with Crippen molar-refractivity contribution in [2.75, 3.05) is 23.5 Å². The van der Waals surface area contributed by atoms with Gasteiger partial charge in [0.1, 0.15) is 17.8 Å². The fourth-order valence-corrected chi connectivity index (χ4v) is 7.01. The predicted octanol–water partition coefficient (Wildman–Crippen LogP) is 6.33. The molecule has 0 saturated heterocycles. The summed E-state index contributed by atoms with van der Waals surface area (Å²) in [6.45, 7) is 4.45. The zero-order valence-corrected chi connectivity index (χ0v) is 21.5. The number of thioether (sulfide) groups is 1. The molecule has 0 saturated carbocycles. The molecule has 2 aromatic rings. The van der Waals surface area contributed by atoms with Gasteiger partial charge in [0.25, 0.3) is 0 Å². The van der Waals surface area contributed by atoms with E-state index in [1.807, 2.05) is 11.8 Å². The lowest BCUT2D eigenvalue weighted by Gasteiger charge is -2.36. The Morgan fingerprint density at radius 2 is 1.94 bits per heavy atom. The van der Waals surface area contributed by atoms with E-state index < -0.39 is 32.9 Å². The maximum atomic E-state index is 13.7. The van der Waals surface area contributed by atoms with E-state index in [1.165, 1.54) is 30.0 Å². The minimum absolute atomic E-state index is 0.00517. The number of rotatable bonds is 9. The van der Waals surface area contributed by atoms with Crippen molar-refractivity contribution in [3.8, 4) is 5.75 Å². The number of unbranched alkanes of at least 4 members (excludes halogenated alkanes) is 1. The van der Waals surface area contributed by atoms with Crippen molar-refractivity contribution in [1.29, 1.82) is 0 Å². The molecule has 0 spiro atoms. The number of benzene rings is 2. The van der Waals surface area contributed by atoms with Crippen molar-refractivity contribution in [3.63, 3.8) is 0 Å². The molecule has 0 radical (unpaired) electrons. The fraction of sp³-hybridized carbons (Fsp3) is 0.400. The number of carboxylic acids is 1. The number of nitrogens with zero attached hydrogens (tertiary/aromatic N) is 1. The average molecular weight is 526 g/mol. The molecule has 35 heavy (non-hydrogen) atoms. The second-order valence-corrected chi connectivity index (χ2v) is 11.4. The fourth-order valence-electron chi connectivity index (χ4n) is 4.30. The van der Waals surface area contributed by atoms with Crippen molar-refractivity contribution in [3.05, 3.63) is 54.3 Å². The van der Waals surface area contributed by atoms with Crippen LogP contribution in [-0.2, 0) is 14.6 Å². The lowest BCUT2D eigenvalue weighted by Crippen LogP contribution is -2.37. The first kappa shape index (κ1) is 27.0. The number of ether oxygens (including phenoxy) is 1. The summed E-state index contributed by atoms with van der Waals surface area (Å²) in [7, 11) is -3.82. The van der Waals surface area contributed by atoms with Crippen molar-refractivity contribution in [2.45, 2.75) is 49.3 Å². The van der Waals surface area contributed by atoms with Gasteiger partial charge < -0.3 is 14.7 Å². The first-order chi connectivity index (χ1) is 16.6. The molecule has 2 aromatic carbocycles. The number of hydrogen-bond acceptors (Lipinski definition) is 6. The summed E-state index contributed by atoms with van der Waals surface area (Å²) in [5.74, 6) is -3.74. The van der Waals surface area contributed by atoms with Crippen LogP contribution >= 0.6 is 11.8 Å². The van der Waals surface area contributed by atoms with E-state index in [9.17, 15) is 22.0 Å². The Balaban J connectivity index is 2.25. The molecule has 10 heteroatoms. The van der Waals surface area contributed by atoms with Crippen LogP contribution in [0.1, 0.15) is 39.5 Å². The molecule has 6 nitrogen and oxygen atoms in total. The Bertz CT molecular complexity index is 1220. The van der Waals surface area contributed by atoms with Crippen LogP contribution in [0, 0.1) is 11.2 Å². The summed E-state index contributed by atoms with van der Waals surface area (Å²) >= 11 is 1.25. The molecule has 1 aliphatic heterocycles. The number of fused-ring (bicyclic) bond motifs is 1. The van der Waals surface area contributed by atoms with Crippen molar-refractivity contribution < 1.29 is 31.8 Å². The van der Waals surface area contributed by atoms with Crippen LogP contribution in [0.5, 0.6) is 5.75 Å². The first-order valence-electron chi connectivity index (χ1n) is 11.3. The number of anilines is 2. The van der Waals surface area contributed by atoms with E-state index in [2.05, 4.69) is 6.92 Å². The second kappa shape index (κ2) is 11.0. The molecule has 0 aliphatic carbocycles. The molecule has 1 unspecified atom stereocenters. The summed E-state index contributed by atoms with van der Waals surface area (Å²) in [4.78, 5) is 13.2. The van der Waals surface area contributed by atoms with E-state index in [1.54, 1.807) is 24.5 Å². The van der Waals surface area contributed by atoms with Crippen LogP contribution in [0.2, 0.25) is 0 Å². The topological polar surface area (TPSA) is 83.9 Å². The largest absolute Gasteiger partial charge is 0.476 e. The third-order valence-electron chi connectivity index (χ3n) is 6.30. The molecular formula is C25H29F2NO5S2. The van der Waals surface area contributed by atoms with Crippen LogP contribution in [0.3, 0.4) is 0 Å². The van der Waals surface area contributed by atoms with E-state index in [4.69, 9.17) is 9.84 Å². The number of sulfone groups is 1. The summed E-state index contributed by atoms with van der Waals surface area (Å²) in [5, 5.41) is 8.78. The molecule has 0 amide bonds. The molecule has 1 heterocycles. The molecular weight excluding hydrogens is 496 g/mol. The second-order valence-electron chi connectivity index (χ2n) is 8.64. The summed E-state index contributed by atoms with van der Waals surface area (Å²) in [5.41, 5.74) is 0.525. The van der Waals surface area contributed by atoms with Crippen LogP contribution in [0.25, 0.3) is 0 Å².